The van der Waals surface area contributed by atoms with Crippen LogP contribution in [-0.4, -0.2) is 46.7 Å². The molecule has 4 aromatic rings. The maximum Gasteiger partial charge on any atom is 0.150 e. The van der Waals surface area contributed by atoms with Gasteiger partial charge >= 0.3 is 0 Å². The molecular formula is C39H31N9. The summed E-state index contributed by atoms with van der Waals surface area (Å²) in [6.07, 6.45) is 21.9. The van der Waals surface area contributed by atoms with Gasteiger partial charge in [0.25, 0.3) is 0 Å². The van der Waals surface area contributed by atoms with E-state index >= 15 is 0 Å². The third-order valence-corrected chi connectivity index (χ3v) is 10.6. The number of aliphatic imine (C=N–C) groups is 1. The smallest absolute Gasteiger partial charge is 0.150 e. The van der Waals surface area contributed by atoms with Gasteiger partial charge in [0, 0.05) is 78.7 Å². The molecule has 9 aliphatic rings. The first-order chi connectivity index (χ1) is 23.8. The third kappa shape index (κ3) is 3.64. The van der Waals surface area contributed by atoms with E-state index in [1.165, 1.54) is 44.5 Å². The zero-order valence-corrected chi connectivity index (χ0v) is 26.1. The summed E-state index contributed by atoms with van der Waals surface area (Å²) in [7, 11) is 0. The molecule has 0 aliphatic carbocycles. The molecule has 3 atom stereocenters. The molecule has 9 heteroatoms. The van der Waals surface area contributed by atoms with Crippen LogP contribution in [0.5, 0.6) is 0 Å². The fourth-order valence-electron chi connectivity index (χ4n) is 8.47. The Hall–Kier alpha value is -6.09. The Kier molecular flexibility index (Phi) is 5.27. The van der Waals surface area contributed by atoms with Crippen molar-refractivity contribution in [3.63, 3.8) is 0 Å². The minimum absolute atomic E-state index is 0.300. The largest absolute Gasteiger partial charge is 0.348 e. The number of amidine groups is 1. The Labute approximate surface area is 278 Å². The number of nitrogens with zero attached hydrogens (tertiary/aromatic N) is 9. The average Bonchev–Trinajstić information content (AvgIpc) is 3.97. The molecular weight excluding hydrogens is 594 g/mol. The minimum atomic E-state index is 0.300. The summed E-state index contributed by atoms with van der Waals surface area (Å²) in [4.78, 5) is 20.7. The van der Waals surface area contributed by atoms with E-state index in [9.17, 15) is 0 Å². The summed E-state index contributed by atoms with van der Waals surface area (Å²) < 4.78 is 0. The highest BCUT2D eigenvalue weighted by atomic mass is 15.6. The molecule has 0 bridgehead atoms. The summed E-state index contributed by atoms with van der Waals surface area (Å²) >= 11 is 0. The van der Waals surface area contributed by atoms with Crippen molar-refractivity contribution < 1.29 is 0 Å². The number of aromatic nitrogens is 1. The van der Waals surface area contributed by atoms with E-state index in [4.69, 9.17) is 4.99 Å². The normalized spacial score (nSPS) is 23.2. The van der Waals surface area contributed by atoms with Gasteiger partial charge in [-0.05, 0) is 46.5 Å². The van der Waals surface area contributed by atoms with Gasteiger partial charge in [-0.25, -0.2) is 4.99 Å². The lowest BCUT2D eigenvalue weighted by atomic mass is 9.99. The molecule has 0 saturated carbocycles. The number of hydrogen-bond acceptors (Lipinski definition) is 9. The van der Waals surface area contributed by atoms with Crippen molar-refractivity contribution in [2.24, 2.45) is 10.1 Å². The van der Waals surface area contributed by atoms with E-state index in [0.29, 0.717) is 18.5 Å². The molecule has 0 spiro atoms. The molecule has 3 unspecified atom stereocenters. The standard InChI is InChI=1S/C17H13N3.2C11H9N3/c1-2-5-12(6-3-1)16-18-14-8-4-7-13-11-19-9-10-20(16)17(19)15(13)14;1-3-12-9-2-4-13-5-6-14-7-8(1)10(9)11(13)14;1-2-8-4-5-13-7-12-14-6-9(3-1)10(8)11(13)14/h1-10,17H,11H2;1-6,11H,7H2;1-5,7,11H,6H2. The van der Waals surface area contributed by atoms with Crippen LogP contribution in [-0.2, 0) is 19.6 Å². The van der Waals surface area contributed by atoms with E-state index in [1.54, 1.807) is 0 Å². The van der Waals surface area contributed by atoms with E-state index < -0.39 is 0 Å². The number of benzene rings is 3. The zero-order chi connectivity index (χ0) is 31.3. The predicted molar refractivity (Wildman–Crippen MR) is 185 cm³/mol. The highest BCUT2D eigenvalue weighted by Gasteiger charge is 2.42. The van der Waals surface area contributed by atoms with Crippen LogP contribution >= 0.6 is 0 Å². The molecule has 0 amide bonds. The van der Waals surface area contributed by atoms with Gasteiger partial charge in [0.15, 0.2) is 0 Å². The van der Waals surface area contributed by atoms with Crippen LogP contribution < -0.4 is 0 Å². The van der Waals surface area contributed by atoms with Crippen LogP contribution in [0.3, 0.4) is 0 Å². The van der Waals surface area contributed by atoms with Gasteiger partial charge in [0.1, 0.15) is 30.7 Å². The maximum absolute atomic E-state index is 4.91. The van der Waals surface area contributed by atoms with Crippen LogP contribution in [0.2, 0.25) is 0 Å². The van der Waals surface area contributed by atoms with Crippen molar-refractivity contribution >= 4 is 30.0 Å². The molecule has 0 N–H and O–H groups in total. The Balaban J connectivity index is 0.0000000898. The van der Waals surface area contributed by atoms with Crippen molar-refractivity contribution in [1.29, 1.82) is 0 Å². The Morgan fingerprint density at radius 1 is 0.583 bits per heavy atom. The fourth-order valence-corrected chi connectivity index (χ4v) is 8.47. The summed E-state index contributed by atoms with van der Waals surface area (Å²) in [5.41, 5.74) is 13.2. The van der Waals surface area contributed by atoms with Gasteiger partial charge in [0.05, 0.1) is 17.9 Å². The first-order valence-corrected chi connectivity index (χ1v) is 16.5. The van der Waals surface area contributed by atoms with E-state index in [-0.39, 0.29) is 0 Å². The van der Waals surface area contributed by atoms with E-state index in [1.807, 2.05) is 18.6 Å². The van der Waals surface area contributed by atoms with Crippen molar-refractivity contribution in [2.75, 3.05) is 0 Å². The van der Waals surface area contributed by atoms with Crippen LogP contribution in [0.25, 0.3) is 12.2 Å². The molecule has 3 aromatic carbocycles. The van der Waals surface area contributed by atoms with Crippen LogP contribution in [0.1, 0.15) is 68.7 Å². The lowest BCUT2D eigenvalue weighted by molar-refractivity contribution is 0.177. The summed E-state index contributed by atoms with van der Waals surface area (Å²) in [6.45, 7) is 2.95. The highest BCUT2D eigenvalue weighted by molar-refractivity contribution is 6.03. The molecule has 0 radical (unpaired) electrons. The first kappa shape index (κ1) is 26.0. The lowest BCUT2D eigenvalue weighted by Crippen LogP contribution is -2.33. The lowest BCUT2D eigenvalue weighted by Gasteiger charge is -2.32. The van der Waals surface area contributed by atoms with E-state index in [0.717, 1.165) is 36.9 Å². The fraction of sp³-hybridized carbons (Fsp3) is 0.154. The Bertz CT molecular complexity index is 2110. The minimum Gasteiger partial charge on any atom is -0.348 e. The van der Waals surface area contributed by atoms with Gasteiger partial charge in [0.2, 0.25) is 0 Å². The molecule has 1 aromatic heterocycles. The van der Waals surface area contributed by atoms with Gasteiger partial charge in [-0.1, -0.05) is 60.7 Å². The molecule has 9 nitrogen and oxygen atoms in total. The van der Waals surface area contributed by atoms with Crippen LogP contribution in [0.4, 0.5) is 5.69 Å². The molecule has 9 aliphatic heterocycles. The Morgan fingerprint density at radius 2 is 1.38 bits per heavy atom. The third-order valence-electron chi connectivity index (χ3n) is 10.6. The summed E-state index contributed by atoms with van der Waals surface area (Å²) in [6, 6.07) is 25.5. The SMILES string of the molecule is C1=CN2C(c3ccccc3)=Nc3cccc4c3C2N1C4.C1=CN2C=CN3Cc4ccnc1c4C23.C1=CN2C=NN3Cc4cccc1c4C23. The number of pyridine rings is 1. The summed E-state index contributed by atoms with van der Waals surface area (Å²) in [5, 5.41) is 6.52. The zero-order valence-electron chi connectivity index (χ0n) is 26.1. The maximum atomic E-state index is 4.91. The van der Waals surface area contributed by atoms with Crippen molar-refractivity contribution in [3.05, 3.63) is 166 Å². The van der Waals surface area contributed by atoms with Crippen LogP contribution in [0, 0.1) is 0 Å². The van der Waals surface area contributed by atoms with E-state index in [2.05, 4.69) is 156 Å². The van der Waals surface area contributed by atoms with Crippen molar-refractivity contribution in [3.8, 4) is 0 Å². The molecule has 232 valence electrons. The quantitative estimate of drug-likeness (QED) is 0.231. The summed E-state index contributed by atoms with van der Waals surface area (Å²) in [5.74, 6) is 1.04. The molecule has 0 fully saturated rings. The van der Waals surface area contributed by atoms with Crippen molar-refractivity contribution in [2.45, 2.75) is 38.1 Å². The number of hydrazone groups is 1. The average molecular weight is 626 g/mol. The molecule has 0 saturated heterocycles. The van der Waals surface area contributed by atoms with Gasteiger partial charge in [-0.15, -0.1) is 0 Å². The number of rotatable bonds is 1. The second-order valence-corrected chi connectivity index (χ2v) is 13.2. The number of hydrogen-bond donors (Lipinski definition) is 0. The highest BCUT2D eigenvalue weighted by Crippen LogP contribution is 2.49. The topological polar surface area (TPSA) is 57.1 Å². The van der Waals surface area contributed by atoms with Crippen molar-refractivity contribution in [1.82, 2.24) is 34.5 Å². The second-order valence-electron chi connectivity index (χ2n) is 13.2. The molecule has 48 heavy (non-hydrogen) atoms. The first-order valence-electron chi connectivity index (χ1n) is 16.5. The Morgan fingerprint density at radius 3 is 2.29 bits per heavy atom. The molecule has 10 heterocycles. The van der Waals surface area contributed by atoms with Gasteiger partial charge < -0.3 is 24.5 Å². The van der Waals surface area contributed by atoms with Gasteiger partial charge in [-0.2, -0.15) is 5.10 Å². The van der Waals surface area contributed by atoms with Gasteiger partial charge in [-0.3, -0.25) is 9.99 Å². The molecule has 13 rings (SSSR count). The second kappa shape index (κ2) is 9.71. The monoisotopic (exact) mass is 625 g/mol. The van der Waals surface area contributed by atoms with Crippen LogP contribution in [0.15, 0.2) is 126 Å². The predicted octanol–water partition coefficient (Wildman–Crippen LogP) is 6.79.